The summed E-state index contributed by atoms with van der Waals surface area (Å²) < 4.78 is 0. The van der Waals surface area contributed by atoms with Crippen molar-refractivity contribution in [3.63, 3.8) is 0 Å². The molecule has 1 aliphatic rings. The van der Waals surface area contributed by atoms with Crippen molar-refractivity contribution >= 4 is 22.8 Å². The highest BCUT2D eigenvalue weighted by molar-refractivity contribution is 5.87. The van der Waals surface area contributed by atoms with E-state index < -0.39 is 0 Å². The molecule has 2 aromatic heterocycles. The van der Waals surface area contributed by atoms with Crippen LogP contribution < -0.4 is 15.1 Å². The maximum Gasteiger partial charge on any atom is 0.229 e. The molecular formula is C13H18N6. The largest absolute Gasteiger partial charge is 0.362 e. The molecule has 2 aromatic rings. The van der Waals surface area contributed by atoms with Gasteiger partial charge in [0.2, 0.25) is 5.95 Å². The number of nitrogens with zero attached hydrogens (tertiary/aromatic N) is 5. The van der Waals surface area contributed by atoms with Crippen molar-refractivity contribution < 1.29 is 0 Å². The van der Waals surface area contributed by atoms with Crippen molar-refractivity contribution in [3.05, 3.63) is 18.3 Å². The van der Waals surface area contributed by atoms with Gasteiger partial charge in [0, 0.05) is 46.5 Å². The van der Waals surface area contributed by atoms with Gasteiger partial charge in [-0.05, 0) is 12.1 Å². The van der Waals surface area contributed by atoms with Crippen molar-refractivity contribution in [2.24, 2.45) is 0 Å². The molecule has 3 heterocycles. The van der Waals surface area contributed by atoms with E-state index in [-0.39, 0.29) is 0 Å². The lowest BCUT2D eigenvalue weighted by molar-refractivity contribution is 0.580. The average Bonchev–Trinajstić information content (AvgIpc) is 2.47. The van der Waals surface area contributed by atoms with Crippen LogP contribution in [0.4, 0.5) is 11.8 Å². The van der Waals surface area contributed by atoms with E-state index in [0.717, 1.165) is 49.0 Å². The maximum atomic E-state index is 4.70. The maximum absolute atomic E-state index is 4.70. The molecule has 1 saturated heterocycles. The Kier molecular flexibility index (Phi) is 3.16. The molecule has 0 saturated carbocycles. The smallest absolute Gasteiger partial charge is 0.229 e. The van der Waals surface area contributed by atoms with E-state index in [1.807, 2.05) is 31.1 Å². The molecule has 1 fully saturated rings. The molecular weight excluding hydrogens is 240 g/mol. The zero-order valence-corrected chi connectivity index (χ0v) is 11.3. The Morgan fingerprint density at radius 3 is 2.74 bits per heavy atom. The summed E-state index contributed by atoms with van der Waals surface area (Å²) in [5.41, 5.74) is 0.759. The predicted molar refractivity (Wildman–Crippen MR) is 76.7 cm³/mol. The SMILES string of the molecule is CN(C)c1nc(N2CCNCC2)nc2ncccc12. The van der Waals surface area contributed by atoms with Gasteiger partial charge in [-0.15, -0.1) is 0 Å². The van der Waals surface area contributed by atoms with Gasteiger partial charge in [-0.1, -0.05) is 0 Å². The molecule has 0 atom stereocenters. The Morgan fingerprint density at radius 2 is 2.00 bits per heavy atom. The van der Waals surface area contributed by atoms with Crippen LogP contribution in [-0.4, -0.2) is 55.2 Å². The van der Waals surface area contributed by atoms with Crippen molar-refractivity contribution in [1.82, 2.24) is 20.3 Å². The van der Waals surface area contributed by atoms with Crippen molar-refractivity contribution in [1.29, 1.82) is 0 Å². The van der Waals surface area contributed by atoms with Gasteiger partial charge in [0.1, 0.15) is 5.82 Å². The molecule has 0 bridgehead atoms. The van der Waals surface area contributed by atoms with Crippen LogP contribution in [0.25, 0.3) is 11.0 Å². The van der Waals surface area contributed by atoms with E-state index in [4.69, 9.17) is 4.98 Å². The number of fused-ring (bicyclic) bond motifs is 1. The minimum atomic E-state index is 0.759. The fourth-order valence-corrected chi connectivity index (χ4v) is 2.28. The fraction of sp³-hybridized carbons (Fsp3) is 0.462. The van der Waals surface area contributed by atoms with Gasteiger partial charge in [0.05, 0.1) is 5.39 Å². The molecule has 0 radical (unpaired) electrons. The third kappa shape index (κ3) is 2.31. The molecule has 6 nitrogen and oxygen atoms in total. The molecule has 0 aliphatic carbocycles. The van der Waals surface area contributed by atoms with E-state index in [2.05, 4.69) is 20.2 Å². The number of hydrogen-bond acceptors (Lipinski definition) is 6. The summed E-state index contributed by atoms with van der Waals surface area (Å²) in [5, 5.41) is 4.33. The van der Waals surface area contributed by atoms with Gasteiger partial charge in [-0.2, -0.15) is 9.97 Å². The number of aromatic nitrogens is 3. The molecule has 100 valence electrons. The van der Waals surface area contributed by atoms with Crippen LogP contribution >= 0.6 is 0 Å². The molecule has 0 spiro atoms. The van der Waals surface area contributed by atoms with E-state index in [9.17, 15) is 0 Å². The van der Waals surface area contributed by atoms with Gasteiger partial charge in [0.25, 0.3) is 0 Å². The summed E-state index contributed by atoms with van der Waals surface area (Å²) in [6.07, 6.45) is 1.77. The monoisotopic (exact) mass is 258 g/mol. The highest BCUT2D eigenvalue weighted by Crippen LogP contribution is 2.23. The highest BCUT2D eigenvalue weighted by atomic mass is 15.3. The second kappa shape index (κ2) is 4.97. The first-order valence-corrected chi connectivity index (χ1v) is 6.51. The summed E-state index contributed by atoms with van der Waals surface area (Å²) in [7, 11) is 3.99. The molecule has 0 aromatic carbocycles. The van der Waals surface area contributed by atoms with Crippen molar-refractivity contribution in [2.75, 3.05) is 50.1 Å². The first-order chi connectivity index (χ1) is 9.25. The van der Waals surface area contributed by atoms with Crippen LogP contribution in [0.1, 0.15) is 0 Å². The number of pyridine rings is 1. The van der Waals surface area contributed by atoms with Gasteiger partial charge in [-0.25, -0.2) is 4.98 Å². The standard InChI is InChI=1S/C13H18N6/c1-18(2)12-10-4-3-5-15-11(10)16-13(17-12)19-8-6-14-7-9-19/h3-5,14H,6-9H2,1-2H3. The summed E-state index contributed by atoms with van der Waals surface area (Å²) in [6, 6.07) is 3.93. The van der Waals surface area contributed by atoms with Crippen LogP contribution in [0.2, 0.25) is 0 Å². The summed E-state index contributed by atoms with van der Waals surface area (Å²) >= 11 is 0. The van der Waals surface area contributed by atoms with Gasteiger partial charge in [0.15, 0.2) is 5.65 Å². The number of hydrogen-bond donors (Lipinski definition) is 1. The number of nitrogens with one attached hydrogen (secondary N) is 1. The lowest BCUT2D eigenvalue weighted by atomic mass is 10.3. The quantitative estimate of drug-likeness (QED) is 0.846. The predicted octanol–water partition coefficient (Wildman–Crippen LogP) is 0.500. The van der Waals surface area contributed by atoms with Crippen molar-refractivity contribution in [3.8, 4) is 0 Å². The normalized spacial score (nSPS) is 15.8. The molecule has 0 amide bonds. The first kappa shape index (κ1) is 12.1. The summed E-state index contributed by atoms with van der Waals surface area (Å²) in [4.78, 5) is 17.9. The van der Waals surface area contributed by atoms with Crippen LogP contribution in [0.5, 0.6) is 0 Å². The minimum Gasteiger partial charge on any atom is -0.362 e. The number of anilines is 2. The summed E-state index contributed by atoms with van der Waals surface area (Å²) in [5.74, 6) is 1.70. The third-order valence-corrected chi connectivity index (χ3v) is 3.26. The Morgan fingerprint density at radius 1 is 1.21 bits per heavy atom. The second-order valence-corrected chi connectivity index (χ2v) is 4.85. The Hall–Kier alpha value is -1.95. The lowest BCUT2D eigenvalue weighted by Gasteiger charge is -2.28. The second-order valence-electron chi connectivity index (χ2n) is 4.85. The molecule has 1 aliphatic heterocycles. The molecule has 0 unspecified atom stereocenters. The topological polar surface area (TPSA) is 57.2 Å². The van der Waals surface area contributed by atoms with Crippen molar-refractivity contribution in [2.45, 2.75) is 0 Å². The van der Waals surface area contributed by atoms with Crippen LogP contribution in [0.3, 0.4) is 0 Å². The molecule has 6 heteroatoms. The molecule has 19 heavy (non-hydrogen) atoms. The number of piperazine rings is 1. The van der Waals surface area contributed by atoms with E-state index >= 15 is 0 Å². The third-order valence-electron chi connectivity index (χ3n) is 3.26. The van der Waals surface area contributed by atoms with E-state index in [0.29, 0.717) is 0 Å². The minimum absolute atomic E-state index is 0.759. The lowest BCUT2D eigenvalue weighted by Crippen LogP contribution is -2.44. The van der Waals surface area contributed by atoms with E-state index in [1.165, 1.54) is 0 Å². The fourth-order valence-electron chi connectivity index (χ4n) is 2.28. The highest BCUT2D eigenvalue weighted by Gasteiger charge is 2.16. The zero-order valence-electron chi connectivity index (χ0n) is 11.3. The van der Waals surface area contributed by atoms with Crippen LogP contribution in [-0.2, 0) is 0 Å². The van der Waals surface area contributed by atoms with Crippen LogP contribution in [0, 0.1) is 0 Å². The van der Waals surface area contributed by atoms with Gasteiger partial charge >= 0.3 is 0 Å². The van der Waals surface area contributed by atoms with Gasteiger partial charge in [-0.3, -0.25) is 0 Å². The van der Waals surface area contributed by atoms with Gasteiger partial charge < -0.3 is 15.1 Å². The number of rotatable bonds is 2. The average molecular weight is 258 g/mol. The Bertz CT molecular complexity index is 576. The molecule has 1 N–H and O–H groups in total. The Labute approximate surface area is 112 Å². The molecule has 3 rings (SSSR count). The van der Waals surface area contributed by atoms with E-state index in [1.54, 1.807) is 6.20 Å². The van der Waals surface area contributed by atoms with Crippen LogP contribution in [0.15, 0.2) is 18.3 Å². The Balaban J connectivity index is 2.10. The first-order valence-electron chi connectivity index (χ1n) is 6.51. The zero-order chi connectivity index (χ0) is 13.2. The summed E-state index contributed by atoms with van der Waals surface area (Å²) in [6.45, 7) is 3.82.